The molecule has 0 unspecified atom stereocenters. The quantitative estimate of drug-likeness (QED) is 0.608. The monoisotopic (exact) mass is 357 g/mol. The fraction of sp³-hybridized carbons (Fsp3) is 0.222. The van der Waals surface area contributed by atoms with Gasteiger partial charge in [-0.25, -0.2) is 8.42 Å². The molecule has 6 nitrogen and oxygen atoms in total. The van der Waals surface area contributed by atoms with Crippen molar-refractivity contribution >= 4 is 9.84 Å². The summed E-state index contributed by atoms with van der Waals surface area (Å²) >= 11 is 0. The molecule has 3 rings (SSSR count). The molecule has 3 aromatic rings. The van der Waals surface area contributed by atoms with Gasteiger partial charge in [0.15, 0.2) is 9.84 Å². The summed E-state index contributed by atoms with van der Waals surface area (Å²) in [7, 11) is -3.18. The average Bonchev–Trinajstić information content (AvgIpc) is 3.08. The Labute approximate surface area is 147 Å². The number of aryl methyl sites for hydroxylation is 1. The molecule has 25 heavy (non-hydrogen) atoms. The number of aromatic nitrogens is 3. The molecule has 7 heteroatoms. The average molecular weight is 357 g/mol. The number of rotatable bonds is 7. The zero-order valence-corrected chi connectivity index (χ0v) is 14.7. The first-order valence-electron chi connectivity index (χ1n) is 7.89. The molecule has 0 fully saturated rings. The van der Waals surface area contributed by atoms with Crippen molar-refractivity contribution in [2.75, 3.05) is 12.9 Å². The highest BCUT2D eigenvalue weighted by Gasteiger charge is 2.07. The van der Waals surface area contributed by atoms with E-state index in [4.69, 9.17) is 4.74 Å². The van der Waals surface area contributed by atoms with Crippen LogP contribution in [0, 0.1) is 0 Å². The number of ether oxygens (including phenoxy) is 1. The van der Waals surface area contributed by atoms with E-state index in [2.05, 4.69) is 10.1 Å². The summed E-state index contributed by atoms with van der Waals surface area (Å²) in [5, 5.41) is 4.35. The fourth-order valence-electron chi connectivity index (χ4n) is 2.47. The summed E-state index contributed by atoms with van der Waals surface area (Å²) in [5.41, 5.74) is 2.12. The molecular formula is C18H19N3O3S. The molecule has 0 spiro atoms. The van der Waals surface area contributed by atoms with Crippen molar-refractivity contribution in [2.24, 2.45) is 0 Å². The molecule has 0 aliphatic rings. The normalized spacial score (nSPS) is 11.4. The van der Waals surface area contributed by atoms with Crippen LogP contribution in [0.25, 0.3) is 11.3 Å². The van der Waals surface area contributed by atoms with E-state index < -0.39 is 9.84 Å². The van der Waals surface area contributed by atoms with Crippen LogP contribution in [0.5, 0.6) is 5.75 Å². The maximum Gasteiger partial charge on any atom is 0.175 e. The standard InChI is InChI=1S/C18H19N3O3S/c1-25(22,23)17-5-3-16(4-6-17)24-14-2-13-21-18(9-12-20-21)15-7-10-19-11-8-15/h3-12H,2,13-14H2,1H3. The van der Waals surface area contributed by atoms with E-state index in [1.165, 1.54) is 6.26 Å². The Kier molecular flexibility index (Phi) is 5.14. The van der Waals surface area contributed by atoms with Gasteiger partial charge < -0.3 is 4.74 Å². The van der Waals surface area contributed by atoms with Crippen molar-refractivity contribution in [2.45, 2.75) is 17.9 Å². The second kappa shape index (κ2) is 7.48. The fourth-order valence-corrected chi connectivity index (χ4v) is 3.10. The number of sulfone groups is 1. The van der Waals surface area contributed by atoms with Crippen LogP contribution in [0.1, 0.15) is 6.42 Å². The first kappa shape index (κ1) is 17.2. The zero-order valence-electron chi connectivity index (χ0n) is 13.9. The van der Waals surface area contributed by atoms with Gasteiger partial charge in [0.25, 0.3) is 0 Å². The molecule has 1 aromatic carbocycles. The highest BCUT2D eigenvalue weighted by molar-refractivity contribution is 7.90. The molecular weight excluding hydrogens is 338 g/mol. The molecule has 0 bridgehead atoms. The van der Waals surface area contributed by atoms with Gasteiger partial charge in [0.05, 0.1) is 17.2 Å². The minimum Gasteiger partial charge on any atom is -0.494 e. The molecule has 0 saturated carbocycles. The van der Waals surface area contributed by atoms with E-state index >= 15 is 0 Å². The van der Waals surface area contributed by atoms with Crippen molar-refractivity contribution in [1.29, 1.82) is 0 Å². The minimum atomic E-state index is -3.18. The number of hydrogen-bond acceptors (Lipinski definition) is 5. The SMILES string of the molecule is CS(=O)(=O)c1ccc(OCCCn2nccc2-c2ccncc2)cc1. The predicted octanol–water partition coefficient (Wildman–Crippen LogP) is 2.82. The molecule has 0 N–H and O–H groups in total. The number of nitrogens with zero attached hydrogens (tertiary/aromatic N) is 3. The van der Waals surface area contributed by atoms with Crippen LogP contribution in [0.3, 0.4) is 0 Å². The van der Waals surface area contributed by atoms with Gasteiger partial charge in [-0.05, 0) is 42.5 Å². The van der Waals surface area contributed by atoms with Gasteiger partial charge >= 0.3 is 0 Å². The summed E-state index contributed by atoms with van der Waals surface area (Å²) in [5.74, 6) is 0.655. The minimum absolute atomic E-state index is 0.290. The summed E-state index contributed by atoms with van der Waals surface area (Å²) in [4.78, 5) is 4.32. The second-order valence-corrected chi connectivity index (χ2v) is 7.64. The van der Waals surface area contributed by atoms with Gasteiger partial charge in [0.1, 0.15) is 5.75 Å². The lowest BCUT2D eigenvalue weighted by Gasteiger charge is -2.09. The molecule has 2 aromatic heterocycles. The van der Waals surface area contributed by atoms with E-state index in [1.807, 2.05) is 22.9 Å². The number of benzene rings is 1. The zero-order chi connectivity index (χ0) is 17.7. The van der Waals surface area contributed by atoms with E-state index in [9.17, 15) is 8.42 Å². The lowest BCUT2D eigenvalue weighted by Crippen LogP contribution is -2.07. The molecule has 0 atom stereocenters. The third-order valence-corrected chi connectivity index (χ3v) is 4.86. The molecule has 0 amide bonds. The van der Waals surface area contributed by atoms with E-state index in [0.29, 0.717) is 17.3 Å². The maximum absolute atomic E-state index is 11.4. The highest BCUT2D eigenvalue weighted by Crippen LogP contribution is 2.18. The van der Waals surface area contributed by atoms with Gasteiger partial charge in [0.2, 0.25) is 0 Å². The van der Waals surface area contributed by atoms with Gasteiger partial charge in [0, 0.05) is 43.4 Å². The molecule has 0 radical (unpaired) electrons. The highest BCUT2D eigenvalue weighted by atomic mass is 32.2. The Bertz CT molecular complexity index is 920. The van der Waals surface area contributed by atoms with Crippen molar-refractivity contribution in [3.63, 3.8) is 0 Å². The van der Waals surface area contributed by atoms with Crippen LogP contribution in [0.15, 0.2) is 66.0 Å². The third-order valence-electron chi connectivity index (χ3n) is 3.73. The van der Waals surface area contributed by atoms with Gasteiger partial charge in [-0.3, -0.25) is 9.67 Å². The van der Waals surface area contributed by atoms with E-state index in [0.717, 1.165) is 24.2 Å². The van der Waals surface area contributed by atoms with Crippen molar-refractivity contribution in [3.05, 3.63) is 61.1 Å². The number of hydrogen-bond donors (Lipinski definition) is 0. The summed E-state index contributed by atoms with van der Waals surface area (Å²) in [6, 6.07) is 12.3. The van der Waals surface area contributed by atoms with E-state index in [1.54, 1.807) is 42.9 Å². The lowest BCUT2D eigenvalue weighted by atomic mass is 10.2. The van der Waals surface area contributed by atoms with Crippen LogP contribution in [0.4, 0.5) is 0 Å². The summed E-state index contributed by atoms with van der Waals surface area (Å²) in [6.07, 6.45) is 7.27. The molecule has 2 heterocycles. The van der Waals surface area contributed by atoms with Crippen LogP contribution in [0.2, 0.25) is 0 Å². The summed E-state index contributed by atoms with van der Waals surface area (Å²) < 4.78 is 30.5. The van der Waals surface area contributed by atoms with Gasteiger partial charge in [-0.15, -0.1) is 0 Å². The molecule has 130 valence electrons. The largest absolute Gasteiger partial charge is 0.494 e. The molecule has 0 aliphatic carbocycles. The Morgan fingerprint density at radius 1 is 1.00 bits per heavy atom. The Morgan fingerprint density at radius 3 is 2.40 bits per heavy atom. The van der Waals surface area contributed by atoms with E-state index in [-0.39, 0.29) is 0 Å². The molecule has 0 aliphatic heterocycles. The van der Waals surface area contributed by atoms with Crippen LogP contribution in [-0.2, 0) is 16.4 Å². The van der Waals surface area contributed by atoms with Crippen LogP contribution < -0.4 is 4.74 Å². The van der Waals surface area contributed by atoms with Gasteiger partial charge in [-0.1, -0.05) is 0 Å². The first-order chi connectivity index (χ1) is 12.0. The number of pyridine rings is 1. The topological polar surface area (TPSA) is 74.1 Å². The smallest absolute Gasteiger partial charge is 0.175 e. The lowest BCUT2D eigenvalue weighted by molar-refractivity contribution is 0.299. The van der Waals surface area contributed by atoms with Crippen molar-refractivity contribution in [3.8, 4) is 17.0 Å². The Hall–Kier alpha value is -2.67. The van der Waals surface area contributed by atoms with Crippen molar-refractivity contribution in [1.82, 2.24) is 14.8 Å². The van der Waals surface area contributed by atoms with Crippen molar-refractivity contribution < 1.29 is 13.2 Å². The second-order valence-electron chi connectivity index (χ2n) is 5.62. The Morgan fingerprint density at radius 2 is 1.72 bits per heavy atom. The van der Waals surface area contributed by atoms with Crippen LogP contribution >= 0.6 is 0 Å². The first-order valence-corrected chi connectivity index (χ1v) is 9.78. The third kappa shape index (κ3) is 4.45. The summed E-state index contributed by atoms with van der Waals surface area (Å²) in [6.45, 7) is 1.25. The van der Waals surface area contributed by atoms with Gasteiger partial charge in [-0.2, -0.15) is 5.10 Å². The Balaban J connectivity index is 1.54. The predicted molar refractivity (Wildman–Crippen MR) is 95.1 cm³/mol. The van der Waals surface area contributed by atoms with Crippen LogP contribution in [-0.4, -0.2) is 36.0 Å². The molecule has 0 saturated heterocycles. The maximum atomic E-state index is 11.4.